The maximum atomic E-state index is 13.5. The summed E-state index contributed by atoms with van der Waals surface area (Å²) in [4.78, 5) is 32.7. The Bertz CT molecular complexity index is 1420. The van der Waals surface area contributed by atoms with Gasteiger partial charge in [-0.25, -0.2) is 4.99 Å². The molecule has 2 aliphatic heterocycles. The number of fused-ring (bicyclic) bond motifs is 1. The van der Waals surface area contributed by atoms with Crippen LogP contribution in [-0.2, 0) is 9.59 Å². The highest BCUT2D eigenvalue weighted by atomic mass is 32.2. The topological polar surface area (TPSA) is 89.5 Å². The van der Waals surface area contributed by atoms with Crippen molar-refractivity contribution in [1.29, 1.82) is 0 Å². The molecular formula is C28H25N3O5S. The number of hydrogen-bond donors (Lipinski definition) is 1. The molecule has 5 rings (SSSR count). The van der Waals surface area contributed by atoms with E-state index in [-0.39, 0.29) is 24.3 Å². The number of aliphatic imine (C=N–C) groups is 1. The Balaban J connectivity index is 1.42. The second-order valence-electron chi connectivity index (χ2n) is 8.46. The van der Waals surface area contributed by atoms with Crippen molar-refractivity contribution in [3.8, 4) is 17.2 Å². The van der Waals surface area contributed by atoms with Gasteiger partial charge in [-0.05, 0) is 61.9 Å². The summed E-state index contributed by atoms with van der Waals surface area (Å²) < 4.78 is 16.2. The molecule has 0 bridgehead atoms. The van der Waals surface area contributed by atoms with Crippen molar-refractivity contribution in [2.75, 3.05) is 24.1 Å². The quantitative estimate of drug-likeness (QED) is 0.452. The zero-order valence-electron chi connectivity index (χ0n) is 20.6. The van der Waals surface area contributed by atoms with Crippen molar-refractivity contribution in [2.24, 2.45) is 4.99 Å². The van der Waals surface area contributed by atoms with E-state index in [0.29, 0.717) is 33.8 Å². The summed E-state index contributed by atoms with van der Waals surface area (Å²) >= 11 is 1.21. The van der Waals surface area contributed by atoms with Gasteiger partial charge in [-0.1, -0.05) is 47.7 Å². The number of thioether (sulfide) groups is 1. The van der Waals surface area contributed by atoms with Crippen molar-refractivity contribution in [3.05, 3.63) is 83.6 Å². The summed E-state index contributed by atoms with van der Waals surface area (Å²) in [5.74, 6) is 1.34. The molecule has 0 saturated heterocycles. The van der Waals surface area contributed by atoms with Gasteiger partial charge in [0.15, 0.2) is 16.7 Å². The molecule has 2 heterocycles. The maximum Gasteiger partial charge on any atom is 0.283 e. The van der Waals surface area contributed by atoms with Crippen LogP contribution in [0, 0.1) is 6.92 Å². The van der Waals surface area contributed by atoms with Crippen molar-refractivity contribution in [3.63, 3.8) is 0 Å². The van der Waals surface area contributed by atoms with Crippen molar-refractivity contribution in [2.45, 2.75) is 19.1 Å². The maximum absolute atomic E-state index is 13.5. The van der Waals surface area contributed by atoms with Crippen molar-refractivity contribution >= 4 is 46.2 Å². The van der Waals surface area contributed by atoms with Crippen LogP contribution in [0.4, 0.5) is 11.4 Å². The standard InChI is InChI=1S/C28H25N3O5S/c1-17-8-11-20(12-9-17)31-27(33)22(14-19-10-13-24-25(15-19)36-16-35-24)30-28(31)37-18(2)26(32)29-21-6-4-5-7-23(21)34-3/h4-15,18H,16H2,1-3H3,(H,29,32)/b22-14-. The fourth-order valence-electron chi connectivity index (χ4n) is 3.85. The van der Waals surface area contributed by atoms with E-state index in [1.54, 1.807) is 38.3 Å². The number of amides is 2. The lowest BCUT2D eigenvalue weighted by Gasteiger charge is -2.20. The van der Waals surface area contributed by atoms with Crippen LogP contribution >= 0.6 is 11.8 Å². The molecule has 2 aliphatic rings. The average molecular weight is 516 g/mol. The largest absolute Gasteiger partial charge is 0.495 e. The Morgan fingerprint density at radius 1 is 1.11 bits per heavy atom. The minimum absolute atomic E-state index is 0.170. The molecule has 0 aromatic heterocycles. The number of nitrogens with zero attached hydrogens (tertiary/aromatic N) is 2. The minimum atomic E-state index is -0.547. The average Bonchev–Trinajstić information content (AvgIpc) is 3.49. The smallest absolute Gasteiger partial charge is 0.283 e. The number of rotatable bonds is 6. The van der Waals surface area contributed by atoms with Gasteiger partial charge in [0.1, 0.15) is 11.4 Å². The lowest BCUT2D eigenvalue weighted by Crippen LogP contribution is -2.33. The number of ether oxygens (including phenoxy) is 3. The summed E-state index contributed by atoms with van der Waals surface area (Å²) in [5, 5.41) is 2.77. The summed E-state index contributed by atoms with van der Waals surface area (Å²) in [7, 11) is 1.55. The third kappa shape index (κ3) is 5.17. The van der Waals surface area contributed by atoms with E-state index in [1.165, 1.54) is 16.7 Å². The Morgan fingerprint density at radius 3 is 2.65 bits per heavy atom. The summed E-state index contributed by atoms with van der Waals surface area (Å²) in [6.07, 6.45) is 1.71. The van der Waals surface area contributed by atoms with Gasteiger partial charge in [-0.15, -0.1) is 0 Å². The molecule has 0 radical (unpaired) electrons. The molecule has 8 nitrogen and oxygen atoms in total. The molecule has 37 heavy (non-hydrogen) atoms. The number of nitrogens with one attached hydrogen (secondary N) is 1. The van der Waals surface area contributed by atoms with Gasteiger partial charge in [-0.3, -0.25) is 14.5 Å². The highest BCUT2D eigenvalue weighted by Gasteiger charge is 2.34. The number of anilines is 2. The highest BCUT2D eigenvalue weighted by molar-refractivity contribution is 8.15. The number of aryl methyl sites for hydroxylation is 1. The molecule has 9 heteroatoms. The number of amidine groups is 1. The van der Waals surface area contributed by atoms with Gasteiger partial charge in [-0.2, -0.15) is 0 Å². The number of methoxy groups -OCH3 is 1. The van der Waals surface area contributed by atoms with Crippen LogP contribution in [0.15, 0.2) is 77.4 Å². The minimum Gasteiger partial charge on any atom is -0.495 e. The molecule has 188 valence electrons. The van der Waals surface area contributed by atoms with E-state index in [0.717, 1.165) is 11.1 Å². The molecule has 0 aliphatic carbocycles. The second-order valence-corrected chi connectivity index (χ2v) is 9.77. The van der Waals surface area contributed by atoms with Gasteiger partial charge in [0.2, 0.25) is 12.7 Å². The Hall–Kier alpha value is -4.24. The van der Waals surface area contributed by atoms with E-state index >= 15 is 0 Å². The first-order chi connectivity index (χ1) is 17.9. The van der Waals surface area contributed by atoms with Crippen molar-refractivity contribution in [1.82, 2.24) is 0 Å². The lowest BCUT2D eigenvalue weighted by molar-refractivity contribution is -0.115. The highest BCUT2D eigenvalue weighted by Crippen LogP contribution is 2.35. The van der Waals surface area contributed by atoms with E-state index in [4.69, 9.17) is 14.2 Å². The predicted octanol–water partition coefficient (Wildman–Crippen LogP) is 5.24. The summed E-state index contributed by atoms with van der Waals surface area (Å²) in [6.45, 7) is 3.92. The van der Waals surface area contributed by atoms with Gasteiger partial charge < -0.3 is 19.5 Å². The zero-order valence-corrected chi connectivity index (χ0v) is 21.4. The third-order valence-corrected chi connectivity index (χ3v) is 6.89. The molecule has 0 fully saturated rings. The number of carbonyl (C=O) groups is 2. The fraction of sp³-hybridized carbons (Fsp3) is 0.179. The van der Waals surface area contributed by atoms with Crippen LogP contribution in [0.1, 0.15) is 18.1 Å². The van der Waals surface area contributed by atoms with E-state index in [9.17, 15) is 9.59 Å². The number of benzene rings is 3. The fourth-order valence-corrected chi connectivity index (χ4v) is 4.78. The van der Waals surface area contributed by atoms with Gasteiger partial charge in [0.05, 0.1) is 23.7 Å². The third-order valence-electron chi connectivity index (χ3n) is 5.84. The predicted molar refractivity (Wildman–Crippen MR) is 145 cm³/mol. The molecule has 2 amide bonds. The first-order valence-corrected chi connectivity index (χ1v) is 12.5. The normalized spacial score (nSPS) is 16.1. The van der Waals surface area contributed by atoms with Crippen LogP contribution in [0.3, 0.4) is 0 Å². The molecule has 0 saturated carbocycles. The molecule has 1 atom stereocenters. The van der Waals surface area contributed by atoms with Crippen LogP contribution in [0.2, 0.25) is 0 Å². The zero-order chi connectivity index (χ0) is 25.9. The van der Waals surface area contributed by atoms with Crippen LogP contribution < -0.4 is 24.4 Å². The number of carbonyl (C=O) groups excluding carboxylic acids is 2. The first kappa shape index (κ1) is 24.5. The molecule has 3 aromatic rings. The summed E-state index contributed by atoms with van der Waals surface area (Å²) in [6, 6.07) is 20.3. The number of para-hydroxylation sites is 2. The summed E-state index contributed by atoms with van der Waals surface area (Å²) in [5.41, 5.74) is 3.34. The molecular weight excluding hydrogens is 490 g/mol. The second kappa shape index (κ2) is 10.4. The lowest BCUT2D eigenvalue weighted by atomic mass is 10.1. The number of hydrogen-bond acceptors (Lipinski definition) is 7. The Labute approximate surface area is 218 Å². The van der Waals surface area contributed by atoms with Gasteiger partial charge in [0, 0.05) is 0 Å². The monoisotopic (exact) mass is 515 g/mol. The Kier molecular flexibility index (Phi) is 6.87. The van der Waals surface area contributed by atoms with Crippen molar-refractivity contribution < 1.29 is 23.8 Å². The molecule has 1 unspecified atom stereocenters. The van der Waals surface area contributed by atoms with E-state index < -0.39 is 5.25 Å². The Morgan fingerprint density at radius 2 is 1.86 bits per heavy atom. The van der Waals surface area contributed by atoms with Gasteiger partial charge in [0.25, 0.3) is 5.91 Å². The van der Waals surface area contributed by atoms with E-state index in [1.807, 2.05) is 55.5 Å². The molecule has 0 spiro atoms. The van der Waals surface area contributed by atoms with E-state index in [2.05, 4.69) is 10.3 Å². The first-order valence-electron chi connectivity index (χ1n) is 11.6. The van der Waals surface area contributed by atoms with Gasteiger partial charge >= 0.3 is 0 Å². The molecule has 3 aromatic carbocycles. The van der Waals surface area contributed by atoms with Crippen LogP contribution in [0.25, 0.3) is 6.08 Å². The SMILES string of the molecule is COc1ccccc1NC(=O)C(C)SC1=N/C(=C\c2ccc3c(c2)OCO3)C(=O)N1c1ccc(C)cc1. The van der Waals surface area contributed by atoms with Crippen LogP contribution in [0.5, 0.6) is 17.2 Å². The molecule has 1 N–H and O–H groups in total. The van der Waals surface area contributed by atoms with Crippen LogP contribution in [-0.4, -0.2) is 36.1 Å².